The van der Waals surface area contributed by atoms with Crippen LogP contribution in [0.25, 0.3) is 0 Å². The fraction of sp³-hybridized carbons (Fsp3) is 0.583. The van der Waals surface area contributed by atoms with Crippen molar-refractivity contribution >= 4 is 17.7 Å². The summed E-state index contributed by atoms with van der Waals surface area (Å²) in [5.74, 6) is -0.327. The SMILES string of the molecule is Cc1cc(N(CCC(=O)O)C(=O)C2CCCO2)no1. The maximum absolute atomic E-state index is 12.3. The molecule has 1 aliphatic heterocycles. The van der Waals surface area contributed by atoms with Gasteiger partial charge in [-0.15, -0.1) is 0 Å². The van der Waals surface area contributed by atoms with Crippen molar-refractivity contribution in [3.63, 3.8) is 0 Å². The molecular formula is C12H16N2O5. The van der Waals surface area contributed by atoms with Crippen LogP contribution in [0.2, 0.25) is 0 Å². The minimum Gasteiger partial charge on any atom is -0.481 e. The van der Waals surface area contributed by atoms with Gasteiger partial charge >= 0.3 is 5.97 Å². The standard InChI is InChI=1S/C12H16N2O5/c1-8-7-10(13-19-8)14(5-4-11(15)16)12(17)9-3-2-6-18-9/h7,9H,2-6H2,1H3,(H,15,16). The first-order valence-electron chi connectivity index (χ1n) is 6.16. The number of aliphatic carboxylic acids is 1. The lowest BCUT2D eigenvalue weighted by atomic mass is 10.2. The van der Waals surface area contributed by atoms with Crippen molar-refractivity contribution in [1.29, 1.82) is 0 Å². The van der Waals surface area contributed by atoms with Gasteiger partial charge in [-0.3, -0.25) is 14.5 Å². The predicted molar refractivity (Wildman–Crippen MR) is 64.8 cm³/mol. The number of anilines is 1. The van der Waals surface area contributed by atoms with Crippen LogP contribution in [0, 0.1) is 6.92 Å². The Bertz CT molecular complexity index is 464. The van der Waals surface area contributed by atoms with Crippen LogP contribution in [0.15, 0.2) is 10.6 Å². The van der Waals surface area contributed by atoms with E-state index in [4.69, 9.17) is 14.4 Å². The van der Waals surface area contributed by atoms with Gasteiger partial charge in [-0.2, -0.15) is 0 Å². The van der Waals surface area contributed by atoms with Crippen molar-refractivity contribution in [3.8, 4) is 0 Å². The van der Waals surface area contributed by atoms with Crippen LogP contribution in [0.3, 0.4) is 0 Å². The van der Waals surface area contributed by atoms with Crippen molar-refractivity contribution in [2.75, 3.05) is 18.1 Å². The summed E-state index contributed by atoms with van der Waals surface area (Å²) in [6.07, 6.45) is 0.829. The maximum atomic E-state index is 12.3. The quantitative estimate of drug-likeness (QED) is 0.855. The van der Waals surface area contributed by atoms with Crippen molar-refractivity contribution in [2.24, 2.45) is 0 Å². The van der Waals surface area contributed by atoms with Gasteiger partial charge in [0.25, 0.3) is 5.91 Å². The van der Waals surface area contributed by atoms with Gasteiger partial charge in [-0.1, -0.05) is 5.16 Å². The number of nitrogens with zero attached hydrogens (tertiary/aromatic N) is 2. The fourth-order valence-corrected chi connectivity index (χ4v) is 1.97. The number of rotatable bonds is 5. The molecule has 1 aromatic rings. The Kier molecular flexibility index (Phi) is 4.16. The van der Waals surface area contributed by atoms with Crippen LogP contribution < -0.4 is 4.90 Å². The smallest absolute Gasteiger partial charge is 0.305 e. The summed E-state index contributed by atoms with van der Waals surface area (Å²) in [4.78, 5) is 24.3. The van der Waals surface area contributed by atoms with Crippen LogP contribution in [0.1, 0.15) is 25.0 Å². The molecule has 1 N–H and O–H groups in total. The topological polar surface area (TPSA) is 92.9 Å². The number of carbonyl (C=O) groups is 2. The van der Waals surface area contributed by atoms with E-state index in [1.807, 2.05) is 0 Å². The molecule has 0 radical (unpaired) electrons. The third kappa shape index (κ3) is 3.31. The van der Waals surface area contributed by atoms with Gasteiger partial charge in [-0.25, -0.2) is 0 Å². The molecule has 2 rings (SSSR count). The van der Waals surface area contributed by atoms with Crippen LogP contribution in [0.5, 0.6) is 0 Å². The van der Waals surface area contributed by atoms with Gasteiger partial charge < -0.3 is 14.4 Å². The highest BCUT2D eigenvalue weighted by Gasteiger charge is 2.30. The van der Waals surface area contributed by atoms with Gasteiger partial charge in [0, 0.05) is 19.2 Å². The number of carbonyl (C=O) groups excluding carboxylic acids is 1. The van der Waals surface area contributed by atoms with Crippen LogP contribution in [0.4, 0.5) is 5.82 Å². The van der Waals surface area contributed by atoms with Crippen LogP contribution in [-0.4, -0.2) is 41.4 Å². The lowest BCUT2D eigenvalue weighted by Crippen LogP contribution is -2.40. The molecule has 0 bridgehead atoms. The Labute approximate surface area is 110 Å². The van der Waals surface area contributed by atoms with E-state index in [9.17, 15) is 9.59 Å². The second-order valence-corrected chi connectivity index (χ2v) is 4.43. The Morgan fingerprint density at radius 2 is 2.37 bits per heavy atom. The molecule has 0 spiro atoms. The molecule has 1 aromatic heterocycles. The summed E-state index contributed by atoms with van der Waals surface area (Å²) < 4.78 is 10.3. The highest BCUT2D eigenvalue weighted by atomic mass is 16.5. The molecule has 1 amide bonds. The molecule has 1 unspecified atom stereocenters. The molecule has 7 heteroatoms. The van der Waals surface area contributed by atoms with E-state index in [0.717, 1.165) is 6.42 Å². The van der Waals surface area contributed by atoms with Gasteiger partial charge in [0.2, 0.25) is 0 Å². The van der Waals surface area contributed by atoms with E-state index in [1.54, 1.807) is 13.0 Å². The second kappa shape index (κ2) is 5.83. The minimum atomic E-state index is -0.967. The highest BCUT2D eigenvalue weighted by Crippen LogP contribution is 2.20. The Morgan fingerprint density at radius 1 is 1.58 bits per heavy atom. The third-order valence-electron chi connectivity index (χ3n) is 2.91. The van der Waals surface area contributed by atoms with E-state index in [0.29, 0.717) is 24.6 Å². The van der Waals surface area contributed by atoms with E-state index in [-0.39, 0.29) is 18.9 Å². The van der Waals surface area contributed by atoms with Crippen molar-refractivity contribution in [1.82, 2.24) is 5.16 Å². The molecule has 0 saturated carbocycles. The summed E-state index contributed by atoms with van der Waals surface area (Å²) in [5, 5.41) is 12.5. The van der Waals surface area contributed by atoms with Crippen LogP contribution >= 0.6 is 0 Å². The molecule has 0 aromatic carbocycles. The third-order valence-corrected chi connectivity index (χ3v) is 2.91. The molecule has 1 saturated heterocycles. The number of aromatic nitrogens is 1. The van der Waals surface area contributed by atoms with Gasteiger partial charge in [0.15, 0.2) is 5.82 Å². The fourth-order valence-electron chi connectivity index (χ4n) is 1.97. The van der Waals surface area contributed by atoms with Crippen molar-refractivity contribution in [3.05, 3.63) is 11.8 Å². The predicted octanol–water partition coefficient (Wildman–Crippen LogP) is 0.970. The lowest BCUT2D eigenvalue weighted by Gasteiger charge is -2.21. The number of hydrogen-bond donors (Lipinski definition) is 1. The summed E-state index contributed by atoms with van der Waals surface area (Å²) in [5.41, 5.74) is 0. The summed E-state index contributed by atoms with van der Waals surface area (Å²) in [6, 6.07) is 1.61. The number of amides is 1. The van der Waals surface area contributed by atoms with Crippen LogP contribution in [-0.2, 0) is 14.3 Å². The Balaban J connectivity index is 2.13. The Morgan fingerprint density at radius 3 is 2.89 bits per heavy atom. The van der Waals surface area contributed by atoms with E-state index in [2.05, 4.69) is 5.16 Å². The second-order valence-electron chi connectivity index (χ2n) is 4.43. The average molecular weight is 268 g/mol. The molecule has 0 aliphatic carbocycles. The minimum absolute atomic E-state index is 0.0556. The largest absolute Gasteiger partial charge is 0.481 e. The summed E-state index contributed by atoms with van der Waals surface area (Å²) >= 11 is 0. The zero-order valence-corrected chi connectivity index (χ0v) is 10.7. The molecule has 2 heterocycles. The zero-order chi connectivity index (χ0) is 13.8. The van der Waals surface area contributed by atoms with E-state index in [1.165, 1.54) is 4.90 Å². The highest BCUT2D eigenvalue weighted by molar-refractivity contribution is 5.96. The van der Waals surface area contributed by atoms with Gasteiger partial charge in [0.1, 0.15) is 11.9 Å². The Hall–Kier alpha value is -1.89. The molecular weight excluding hydrogens is 252 g/mol. The molecule has 1 aliphatic rings. The first-order valence-corrected chi connectivity index (χ1v) is 6.16. The number of aryl methyl sites for hydroxylation is 1. The number of hydrogen-bond acceptors (Lipinski definition) is 5. The number of ether oxygens (including phenoxy) is 1. The molecule has 1 atom stereocenters. The lowest BCUT2D eigenvalue weighted by molar-refractivity contribution is -0.136. The summed E-state index contributed by atoms with van der Waals surface area (Å²) in [6.45, 7) is 2.32. The number of carboxylic acids is 1. The first kappa shape index (κ1) is 13.5. The monoisotopic (exact) mass is 268 g/mol. The molecule has 19 heavy (non-hydrogen) atoms. The van der Waals surface area contributed by atoms with Crippen molar-refractivity contribution < 1.29 is 24.0 Å². The van der Waals surface area contributed by atoms with Crippen molar-refractivity contribution in [2.45, 2.75) is 32.3 Å². The average Bonchev–Trinajstić information content (AvgIpc) is 3.00. The zero-order valence-electron chi connectivity index (χ0n) is 10.7. The van der Waals surface area contributed by atoms with Gasteiger partial charge in [-0.05, 0) is 19.8 Å². The van der Waals surface area contributed by atoms with E-state index < -0.39 is 12.1 Å². The molecule has 7 nitrogen and oxygen atoms in total. The maximum Gasteiger partial charge on any atom is 0.305 e. The normalized spacial score (nSPS) is 18.5. The van der Waals surface area contributed by atoms with Gasteiger partial charge in [0.05, 0.1) is 6.42 Å². The molecule has 104 valence electrons. The summed E-state index contributed by atoms with van der Waals surface area (Å²) in [7, 11) is 0. The molecule has 1 fully saturated rings. The number of carboxylic acid groups (broad SMARTS) is 1. The first-order chi connectivity index (χ1) is 9.08. The van der Waals surface area contributed by atoms with E-state index >= 15 is 0 Å².